The van der Waals surface area contributed by atoms with Gasteiger partial charge in [-0.05, 0) is 69.6 Å². The lowest BCUT2D eigenvalue weighted by molar-refractivity contribution is 1.18. The summed E-state index contributed by atoms with van der Waals surface area (Å²) in [5.41, 5.74) is 7.15. The average Bonchev–Trinajstić information content (AvgIpc) is 3.43. The summed E-state index contributed by atoms with van der Waals surface area (Å²) in [4.78, 5) is 3.71. The maximum Gasteiger partial charge on any atom is 0.0549 e. The molecule has 0 bridgehead atoms. The van der Waals surface area contributed by atoms with Crippen LogP contribution >= 0.6 is 0 Å². The third kappa shape index (κ3) is 2.11. The van der Waals surface area contributed by atoms with Crippen LogP contribution < -0.4 is 0 Å². The van der Waals surface area contributed by atoms with Crippen molar-refractivity contribution in [3.63, 3.8) is 0 Å². The van der Waals surface area contributed by atoms with Crippen LogP contribution in [0.4, 0.5) is 0 Å². The van der Waals surface area contributed by atoms with Gasteiger partial charge in [0, 0.05) is 38.3 Å². The Labute approximate surface area is 195 Å². The summed E-state index contributed by atoms with van der Waals surface area (Å²) in [5.74, 6) is 0. The maximum atomic E-state index is 4.03. The Bertz CT molecular complexity index is 2070. The van der Waals surface area contributed by atoms with Crippen molar-refractivity contribution in [3.8, 4) is 5.69 Å². The van der Waals surface area contributed by atoms with E-state index in [2.05, 4.69) is 113 Å². The van der Waals surface area contributed by atoms with Gasteiger partial charge in [0.15, 0.2) is 0 Å². The molecule has 0 amide bonds. The van der Waals surface area contributed by atoms with Crippen molar-refractivity contribution in [2.45, 2.75) is 0 Å². The highest BCUT2D eigenvalue weighted by atomic mass is 15.0. The molecular weight excluding hydrogens is 412 g/mol. The van der Waals surface area contributed by atoms with Gasteiger partial charge in [-0.25, -0.2) is 0 Å². The molecule has 0 aliphatic carbocycles. The van der Waals surface area contributed by atoms with E-state index in [1.807, 2.05) is 6.08 Å². The largest absolute Gasteiger partial charge is 0.354 e. The van der Waals surface area contributed by atoms with Crippen LogP contribution in [0.5, 0.6) is 0 Å². The molecule has 8 aromatic rings. The maximum absolute atomic E-state index is 4.03. The van der Waals surface area contributed by atoms with Gasteiger partial charge in [0.25, 0.3) is 0 Å². The number of hydrogen-bond donors (Lipinski definition) is 1. The summed E-state index contributed by atoms with van der Waals surface area (Å²) in [6.45, 7) is 4.03. The Balaban J connectivity index is 1.80. The third-order valence-corrected chi connectivity index (χ3v) is 7.42. The fraction of sp³-hybridized carbons (Fsp3) is 0. The number of para-hydroxylation sites is 1. The fourth-order valence-electron chi connectivity index (χ4n) is 6.04. The van der Waals surface area contributed by atoms with Crippen LogP contribution in [-0.4, -0.2) is 9.55 Å². The van der Waals surface area contributed by atoms with Crippen LogP contribution in [0.25, 0.3) is 76.9 Å². The van der Waals surface area contributed by atoms with E-state index < -0.39 is 0 Å². The van der Waals surface area contributed by atoms with Crippen LogP contribution in [-0.2, 0) is 0 Å². The van der Waals surface area contributed by atoms with Gasteiger partial charge in [0.2, 0.25) is 0 Å². The SMILES string of the molecule is C=Cc1ccc2c(c1)c1cccc3[nH]c4ccc5c(c4c31)c1c2cccc1n5-c1ccccc1. The topological polar surface area (TPSA) is 20.7 Å². The van der Waals surface area contributed by atoms with E-state index in [1.54, 1.807) is 0 Å². The lowest BCUT2D eigenvalue weighted by Crippen LogP contribution is -1.92. The molecule has 0 fully saturated rings. The third-order valence-electron chi connectivity index (χ3n) is 7.42. The first-order valence-corrected chi connectivity index (χ1v) is 11.7. The zero-order valence-electron chi connectivity index (χ0n) is 18.5. The lowest BCUT2D eigenvalue weighted by atomic mass is 9.94. The van der Waals surface area contributed by atoms with Gasteiger partial charge in [-0.1, -0.05) is 67.3 Å². The van der Waals surface area contributed by atoms with Crippen LogP contribution in [0.1, 0.15) is 5.56 Å². The molecule has 0 aliphatic heterocycles. The molecule has 2 aromatic heterocycles. The zero-order valence-corrected chi connectivity index (χ0v) is 18.5. The molecule has 0 saturated heterocycles. The summed E-state index contributed by atoms with van der Waals surface area (Å²) < 4.78 is 2.41. The highest BCUT2D eigenvalue weighted by Gasteiger charge is 2.21. The summed E-state index contributed by atoms with van der Waals surface area (Å²) >= 11 is 0. The van der Waals surface area contributed by atoms with Gasteiger partial charge in [-0.15, -0.1) is 0 Å². The Morgan fingerprint density at radius 1 is 0.559 bits per heavy atom. The Morgan fingerprint density at radius 2 is 1.32 bits per heavy atom. The van der Waals surface area contributed by atoms with Gasteiger partial charge in [-0.3, -0.25) is 0 Å². The second-order valence-electron chi connectivity index (χ2n) is 9.12. The Kier molecular flexibility index (Phi) is 3.31. The van der Waals surface area contributed by atoms with Crippen LogP contribution in [0, 0.1) is 0 Å². The second-order valence-corrected chi connectivity index (χ2v) is 9.12. The number of fused-ring (bicyclic) bond motifs is 3. The van der Waals surface area contributed by atoms with E-state index in [1.165, 1.54) is 70.8 Å². The van der Waals surface area contributed by atoms with E-state index in [-0.39, 0.29) is 0 Å². The average molecular weight is 433 g/mol. The number of aromatic nitrogens is 2. The van der Waals surface area contributed by atoms with Gasteiger partial charge in [-0.2, -0.15) is 0 Å². The normalized spacial score (nSPS) is 12.2. The minimum Gasteiger partial charge on any atom is -0.354 e. The number of nitrogens with one attached hydrogen (secondary N) is 1. The monoisotopic (exact) mass is 432 g/mol. The summed E-state index contributed by atoms with van der Waals surface area (Å²) in [7, 11) is 0. The highest BCUT2D eigenvalue weighted by Crippen LogP contribution is 2.45. The van der Waals surface area contributed by atoms with Crippen molar-refractivity contribution >= 4 is 71.2 Å². The quantitative estimate of drug-likeness (QED) is 0.282. The molecule has 2 nitrogen and oxygen atoms in total. The van der Waals surface area contributed by atoms with E-state index in [0.717, 1.165) is 5.56 Å². The van der Waals surface area contributed by atoms with Crippen LogP contribution in [0.2, 0.25) is 0 Å². The number of benzene rings is 5. The van der Waals surface area contributed by atoms with E-state index in [9.17, 15) is 0 Å². The molecule has 1 N–H and O–H groups in total. The number of rotatable bonds is 2. The van der Waals surface area contributed by atoms with Gasteiger partial charge < -0.3 is 9.55 Å². The van der Waals surface area contributed by atoms with Crippen molar-refractivity contribution in [2.75, 3.05) is 0 Å². The van der Waals surface area contributed by atoms with E-state index in [0.29, 0.717) is 0 Å². The molecule has 2 heterocycles. The molecule has 6 aromatic carbocycles. The minimum atomic E-state index is 1.13. The standard InChI is InChI=1S/C32H20N2/c1-2-19-14-15-21-22-11-7-13-27-30(22)32-28(34(27)20-8-4-3-5-9-20)17-16-26-31(32)29-23(24(21)18-19)10-6-12-25(29)33-26/h2-18,33H,1H2. The Morgan fingerprint density at radius 3 is 2.18 bits per heavy atom. The molecule has 0 aliphatic rings. The molecule has 0 spiro atoms. The van der Waals surface area contributed by atoms with Crippen molar-refractivity contribution in [2.24, 2.45) is 0 Å². The number of aromatic amines is 1. The summed E-state index contributed by atoms with van der Waals surface area (Å²) in [6, 6.07) is 35.3. The molecule has 8 rings (SSSR count). The number of H-pyrrole nitrogens is 1. The van der Waals surface area contributed by atoms with Crippen molar-refractivity contribution in [1.29, 1.82) is 0 Å². The van der Waals surface area contributed by atoms with E-state index in [4.69, 9.17) is 0 Å². The van der Waals surface area contributed by atoms with Gasteiger partial charge in [0.05, 0.1) is 11.0 Å². The zero-order chi connectivity index (χ0) is 22.4. The van der Waals surface area contributed by atoms with Gasteiger partial charge >= 0.3 is 0 Å². The molecule has 2 heteroatoms. The van der Waals surface area contributed by atoms with Crippen molar-refractivity contribution in [1.82, 2.24) is 9.55 Å². The second kappa shape index (κ2) is 6.27. The van der Waals surface area contributed by atoms with Gasteiger partial charge in [0.1, 0.15) is 0 Å². The Hall–Kier alpha value is -4.56. The molecule has 158 valence electrons. The predicted molar refractivity (Wildman–Crippen MR) is 146 cm³/mol. The van der Waals surface area contributed by atoms with Crippen molar-refractivity contribution in [3.05, 3.63) is 109 Å². The molecular formula is C32H20N2. The molecule has 0 saturated carbocycles. The first-order chi connectivity index (χ1) is 16.8. The molecule has 0 radical (unpaired) electrons. The summed E-state index contributed by atoms with van der Waals surface area (Å²) in [5, 5.41) is 10.3. The van der Waals surface area contributed by atoms with E-state index >= 15 is 0 Å². The number of nitrogens with zero attached hydrogens (tertiary/aromatic N) is 1. The highest BCUT2D eigenvalue weighted by molar-refractivity contribution is 6.38. The first-order valence-electron chi connectivity index (χ1n) is 11.7. The lowest BCUT2D eigenvalue weighted by Gasteiger charge is -2.08. The molecule has 34 heavy (non-hydrogen) atoms. The van der Waals surface area contributed by atoms with Crippen LogP contribution in [0.3, 0.4) is 0 Å². The van der Waals surface area contributed by atoms with Crippen LogP contribution in [0.15, 0.2) is 104 Å². The smallest absolute Gasteiger partial charge is 0.0549 e. The molecule has 0 atom stereocenters. The number of hydrogen-bond acceptors (Lipinski definition) is 0. The molecule has 0 unspecified atom stereocenters. The minimum absolute atomic E-state index is 1.13. The van der Waals surface area contributed by atoms with Crippen molar-refractivity contribution < 1.29 is 0 Å². The fourth-order valence-corrected chi connectivity index (χ4v) is 6.04. The predicted octanol–water partition coefficient (Wildman–Crippen LogP) is 8.81. The first kappa shape index (κ1) is 17.9. The summed E-state index contributed by atoms with van der Waals surface area (Å²) in [6.07, 6.45) is 1.94.